The Hall–Kier alpha value is -3.56. The minimum absolute atomic E-state index is 0.00719. The molecule has 180 valence electrons. The van der Waals surface area contributed by atoms with Crippen LogP contribution in [0.25, 0.3) is 11.1 Å². The van der Waals surface area contributed by atoms with Crippen LogP contribution in [0.5, 0.6) is 11.6 Å². The molecular formula is C24H26F3N5O2. The van der Waals surface area contributed by atoms with Crippen molar-refractivity contribution < 1.29 is 22.6 Å². The first-order valence-corrected chi connectivity index (χ1v) is 10.9. The standard InChI is InChI=1S/C24H26F3N5O2/c1-24(2)8-10-32(11-9-24)23-29-14-18(25)20(31-23)30-19-12-16(13-28-21(19)33-3)15-4-6-17(7-5-15)34-22(26)27/h4-7,12-14,22H,8-11H2,1-3H3,(H,29,30,31). The van der Waals surface area contributed by atoms with Gasteiger partial charge in [-0.2, -0.15) is 13.8 Å². The smallest absolute Gasteiger partial charge is 0.387 e. The third-order valence-corrected chi connectivity index (χ3v) is 5.84. The zero-order valence-electron chi connectivity index (χ0n) is 19.2. The van der Waals surface area contributed by atoms with Crippen molar-refractivity contribution >= 4 is 17.5 Å². The van der Waals surface area contributed by atoms with Crippen molar-refractivity contribution in [1.29, 1.82) is 0 Å². The van der Waals surface area contributed by atoms with Gasteiger partial charge in [0, 0.05) is 24.8 Å². The number of nitrogens with zero attached hydrogens (tertiary/aromatic N) is 4. The van der Waals surface area contributed by atoms with Gasteiger partial charge in [-0.3, -0.25) is 0 Å². The summed E-state index contributed by atoms with van der Waals surface area (Å²) in [6, 6.07) is 7.86. The van der Waals surface area contributed by atoms with Gasteiger partial charge >= 0.3 is 6.61 Å². The van der Waals surface area contributed by atoms with E-state index in [4.69, 9.17) is 4.74 Å². The normalized spacial score (nSPS) is 15.3. The molecule has 1 aliphatic rings. The van der Waals surface area contributed by atoms with Crippen LogP contribution in [0.2, 0.25) is 0 Å². The molecule has 10 heteroatoms. The average Bonchev–Trinajstić information content (AvgIpc) is 2.81. The molecule has 3 heterocycles. The lowest BCUT2D eigenvalue weighted by atomic mass is 9.83. The number of pyridine rings is 1. The summed E-state index contributed by atoms with van der Waals surface area (Å²) in [5, 5.41) is 2.97. The molecule has 34 heavy (non-hydrogen) atoms. The SMILES string of the molecule is COc1ncc(-c2ccc(OC(F)F)cc2)cc1Nc1nc(N2CCC(C)(C)CC2)ncc1F. The fraction of sp³-hybridized carbons (Fsp3) is 0.375. The van der Waals surface area contributed by atoms with Gasteiger partial charge in [0.25, 0.3) is 0 Å². The van der Waals surface area contributed by atoms with Crippen LogP contribution < -0.4 is 19.7 Å². The van der Waals surface area contributed by atoms with E-state index in [0.717, 1.165) is 32.1 Å². The fourth-order valence-corrected chi connectivity index (χ4v) is 3.73. The van der Waals surface area contributed by atoms with Gasteiger partial charge in [0.2, 0.25) is 11.8 Å². The molecular weight excluding hydrogens is 447 g/mol. The number of aromatic nitrogens is 3. The third kappa shape index (κ3) is 5.49. The molecule has 1 N–H and O–H groups in total. The maximum atomic E-state index is 14.6. The molecule has 4 rings (SSSR count). The topological polar surface area (TPSA) is 72.4 Å². The van der Waals surface area contributed by atoms with Crippen LogP contribution in [0.1, 0.15) is 26.7 Å². The molecule has 7 nitrogen and oxygen atoms in total. The number of alkyl halides is 2. The molecule has 1 aromatic carbocycles. The van der Waals surface area contributed by atoms with E-state index in [1.165, 1.54) is 19.2 Å². The second-order valence-electron chi connectivity index (χ2n) is 8.83. The number of ether oxygens (including phenoxy) is 2. The number of halogens is 3. The van der Waals surface area contributed by atoms with Crippen LogP contribution in [0.4, 0.5) is 30.6 Å². The highest BCUT2D eigenvalue weighted by molar-refractivity contribution is 5.72. The van der Waals surface area contributed by atoms with E-state index in [2.05, 4.69) is 38.9 Å². The van der Waals surface area contributed by atoms with Gasteiger partial charge in [0.05, 0.1) is 13.3 Å². The Bertz CT molecular complexity index is 1130. The predicted molar refractivity (Wildman–Crippen MR) is 123 cm³/mol. The highest BCUT2D eigenvalue weighted by Crippen LogP contribution is 2.34. The Labute approximate surface area is 196 Å². The van der Waals surface area contributed by atoms with Crippen molar-refractivity contribution in [3.8, 4) is 22.8 Å². The summed E-state index contributed by atoms with van der Waals surface area (Å²) >= 11 is 0. The number of rotatable bonds is 7. The zero-order chi connectivity index (χ0) is 24.3. The fourth-order valence-electron chi connectivity index (χ4n) is 3.73. The van der Waals surface area contributed by atoms with E-state index in [-0.39, 0.29) is 22.9 Å². The lowest BCUT2D eigenvalue weighted by Gasteiger charge is -2.36. The quantitative estimate of drug-likeness (QED) is 0.475. The summed E-state index contributed by atoms with van der Waals surface area (Å²) in [4.78, 5) is 14.9. The second-order valence-corrected chi connectivity index (χ2v) is 8.83. The number of methoxy groups -OCH3 is 1. The molecule has 0 unspecified atom stereocenters. The Balaban J connectivity index is 1.58. The largest absolute Gasteiger partial charge is 0.480 e. The first-order chi connectivity index (χ1) is 16.2. The molecule has 0 radical (unpaired) electrons. The van der Waals surface area contributed by atoms with Crippen molar-refractivity contribution in [2.75, 3.05) is 30.4 Å². The summed E-state index contributed by atoms with van der Waals surface area (Å²) in [6.45, 7) is 3.16. The molecule has 0 amide bonds. The molecule has 1 saturated heterocycles. The Kier molecular flexibility index (Phi) is 6.76. The van der Waals surface area contributed by atoms with Gasteiger partial charge in [-0.15, -0.1) is 0 Å². The van der Waals surface area contributed by atoms with Crippen LogP contribution in [-0.4, -0.2) is 41.8 Å². The lowest BCUT2D eigenvalue weighted by molar-refractivity contribution is -0.0498. The van der Waals surface area contributed by atoms with E-state index in [1.54, 1.807) is 24.4 Å². The summed E-state index contributed by atoms with van der Waals surface area (Å²) < 4.78 is 49.1. The molecule has 1 aliphatic heterocycles. The highest BCUT2D eigenvalue weighted by atomic mass is 19.3. The van der Waals surface area contributed by atoms with Crippen molar-refractivity contribution in [3.63, 3.8) is 0 Å². The number of piperidine rings is 1. The molecule has 1 fully saturated rings. The number of benzene rings is 1. The van der Waals surface area contributed by atoms with Crippen LogP contribution >= 0.6 is 0 Å². The highest BCUT2D eigenvalue weighted by Gasteiger charge is 2.27. The average molecular weight is 473 g/mol. The molecule has 0 spiro atoms. The van der Waals surface area contributed by atoms with Gasteiger partial charge in [0.1, 0.15) is 11.4 Å². The molecule has 2 aromatic heterocycles. The Morgan fingerprint density at radius 2 is 1.74 bits per heavy atom. The van der Waals surface area contributed by atoms with Gasteiger partial charge in [-0.25, -0.2) is 14.4 Å². The number of hydrogen-bond donors (Lipinski definition) is 1. The maximum absolute atomic E-state index is 14.6. The summed E-state index contributed by atoms with van der Waals surface area (Å²) in [5.41, 5.74) is 2.04. The van der Waals surface area contributed by atoms with Crippen LogP contribution in [0, 0.1) is 11.2 Å². The van der Waals surface area contributed by atoms with Crippen molar-refractivity contribution in [2.45, 2.75) is 33.3 Å². The van der Waals surface area contributed by atoms with Crippen molar-refractivity contribution in [1.82, 2.24) is 15.0 Å². The zero-order valence-corrected chi connectivity index (χ0v) is 19.2. The molecule has 0 aliphatic carbocycles. The van der Waals surface area contributed by atoms with Gasteiger partial charge in [-0.05, 0) is 42.0 Å². The molecule has 0 atom stereocenters. The maximum Gasteiger partial charge on any atom is 0.387 e. The monoisotopic (exact) mass is 473 g/mol. The first-order valence-electron chi connectivity index (χ1n) is 10.9. The van der Waals surface area contributed by atoms with E-state index in [1.807, 2.05) is 4.90 Å². The van der Waals surface area contributed by atoms with Crippen molar-refractivity contribution in [3.05, 3.63) is 48.5 Å². The van der Waals surface area contributed by atoms with E-state index in [9.17, 15) is 13.2 Å². The molecule has 0 bridgehead atoms. The number of hydrogen-bond acceptors (Lipinski definition) is 7. The Morgan fingerprint density at radius 1 is 1.03 bits per heavy atom. The lowest BCUT2D eigenvalue weighted by Crippen LogP contribution is -2.38. The Morgan fingerprint density at radius 3 is 2.38 bits per heavy atom. The van der Waals surface area contributed by atoms with Crippen LogP contribution in [-0.2, 0) is 0 Å². The molecule has 3 aromatic rings. The number of anilines is 3. The first kappa shape index (κ1) is 23.6. The van der Waals surface area contributed by atoms with Gasteiger partial charge in [-0.1, -0.05) is 26.0 Å². The van der Waals surface area contributed by atoms with Crippen LogP contribution in [0.15, 0.2) is 42.7 Å². The van der Waals surface area contributed by atoms with Gasteiger partial charge in [0.15, 0.2) is 11.6 Å². The van der Waals surface area contributed by atoms with E-state index < -0.39 is 12.4 Å². The summed E-state index contributed by atoms with van der Waals surface area (Å²) in [5.74, 6) is 0.155. The van der Waals surface area contributed by atoms with E-state index >= 15 is 0 Å². The van der Waals surface area contributed by atoms with E-state index in [0.29, 0.717) is 22.8 Å². The third-order valence-electron chi connectivity index (χ3n) is 5.84. The summed E-state index contributed by atoms with van der Waals surface area (Å²) in [6.07, 6.45) is 4.72. The minimum atomic E-state index is -2.90. The van der Waals surface area contributed by atoms with Gasteiger partial charge < -0.3 is 19.7 Å². The second kappa shape index (κ2) is 9.74. The van der Waals surface area contributed by atoms with Crippen molar-refractivity contribution in [2.24, 2.45) is 5.41 Å². The number of nitrogens with one attached hydrogen (secondary N) is 1. The minimum Gasteiger partial charge on any atom is -0.480 e. The molecule has 0 saturated carbocycles. The summed E-state index contributed by atoms with van der Waals surface area (Å²) in [7, 11) is 1.46. The van der Waals surface area contributed by atoms with Crippen LogP contribution in [0.3, 0.4) is 0 Å². The predicted octanol–water partition coefficient (Wildman–Crippen LogP) is 5.66.